The third-order valence-corrected chi connectivity index (χ3v) is 4.20. The summed E-state index contributed by atoms with van der Waals surface area (Å²) in [6, 6.07) is 18.2. The van der Waals surface area contributed by atoms with Crippen LogP contribution in [0, 0.1) is 0 Å². The van der Waals surface area contributed by atoms with Crippen LogP contribution in [0.25, 0.3) is 0 Å². The van der Waals surface area contributed by atoms with Gasteiger partial charge >= 0.3 is 5.97 Å². The van der Waals surface area contributed by atoms with Crippen molar-refractivity contribution in [3.63, 3.8) is 0 Å². The lowest BCUT2D eigenvalue weighted by atomic mass is 10.2. The van der Waals surface area contributed by atoms with Gasteiger partial charge in [-0.1, -0.05) is 36.4 Å². The zero-order chi connectivity index (χ0) is 18.9. The normalized spacial score (nSPS) is 24.0. The molecule has 2 aromatic rings. The summed E-state index contributed by atoms with van der Waals surface area (Å²) in [5.41, 5.74) is 0. The molecule has 0 radical (unpaired) electrons. The Labute approximate surface area is 157 Å². The topological polar surface area (TPSA) is 63.2 Å². The third kappa shape index (κ3) is 3.82. The molecule has 0 spiro atoms. The highest BCUT2D eigenvalue weighted by molar-refractivity contribution is 5.90. The second-order valence-electron chi connectivity index (χ2n) is 6.72. The first-order chi connectivity index (χ1) is 13.0. The lowest BCUT2D eigenvalue weighted by Crippen LogP contribution is -2.34. The van der Waals surface area contributed by atoms with Crippen molar-refractivity contribution in [2.75, 3.05) is 6.61 Å². The number of benzene rings is 2. The van der Waals surface area contributed by atoms with Gasteiger partial charge in [-0.15, -0.1) is 0 Å². The van der Waals surface area contributed by atoms with Gasteiger partial charge in [-0.2, -0.15) is 0 Å². The van der Waals surface area contributed by atoms with Crippen LogP contribution in [0.5, 0.6) is 11.5 Å². The van der Waals surface area contributed by atoms with Gasteiger partial charge in [0.2, 0.25) is 0 Å². The second-order valence-corrected chi connectivity index (χ2v) is 6.72. The molecule has 4 rings (SSSR count). The van der Waals surface area contributed by atoms with Gasteiger partial charge in [0.25, 0.3) is 5.76 Å². The van der Waals surface area contributed by atoms with Crippen molar-refractivity contribution < 1.29 is 28.5 Å². The van der Waals surface area contributed by atoms with Crippen LogP contribution in [-0.4, -0.2) is 30.6 Å². The summed E-state index contributed by atoms with van der Waals surface area (Å²) in [4.78, 5) is 12.5. The van der Waals surface area contributed by atoms with Gasteiger partial charge in [-0.05, 0) is 38.1 Å². The lowest BCUT2D eigenvalue weighted by Gasteiger charge is -2.21. The van der Waals surface area contributed by atoms with E-state index in [1.165, 1.54) is 0 Å². The third-order valence-electron chi connectivity index (χ3n) is 4.20. The first-order valence-corrected chi connectivity index (χ1v) is 8.74. The molecule has 6 heteroatoms. The Morgan fingerprint density at radius 3 is 2.07 bits per heavy atom. The predicted octanol–water partition coefficient (Wildman–Crippen LogP) is 3.43. The minimum atomic E-state index is -0.752. The molecule has 2 aromatic carbocycles. The molecule has 6 nitrogen and oxygen atoms in total. The first kappa shape index (κ1) is 17.6. The van der Waals surface area contributed by atoms with Crippen molar-refractivity contribution in [1.82, 2.24) is 0 Å². The van der Waals surface area contributed by atoms with E-state index in [2.05, 4.69) is 0 Å². The van der Waals surface area contributed by atoms with Crippen LogP contribution in [0.2, 0.25) is 0 Å². The minimum absolute atomic E-state index is 0.0170. The zero-order valence-corrected chi connectivity index (χ0v) is 15.1. The fourth-order valence-electron chi connectivity index (χ4n) is 2.98. The number of carbonyl (C=O) groups excluding carboxylic acids is 1. The van der Waals surface area contributed by atoms with E-state index >= 15 is 0 Å². The maximum Gasteiger partial charge on any atom is 0.378 e. The maximum absolute atomic E-state index is 12.5. The van der Waals surface area contributed by atoms with E-state index in [-0.39, 0.29) is 18.1 Å². The van der Waals surface area contributed by atoms with E-state index in [0.29, 0.717) is 11.5 Å². The monoisotopic (exact) mass is 368 g/mol. The molecule has 0 N–H and O–H groups in total. The SMILES string of the molecule is CC1(C)OCC(C2OC(=O)C(Oc3ccccc3)=C2Oc2ccccc2)O1. The molecule has 0 bridgehead atoms. The number of para-hydroxylation sites is 2. The van der Waals surface area contributed by atoms with Crippen LogP contribution in [0.4, 0.5) is 0 Å². The zero-order valence-electron chi connectivity index (χ0n) is 15.1. The summed E-state index contributed by atoms with van der Waals surface area (Å²) in [6.45, 7) is 3.91. The van der Waals surface area contributed by atoms with Crippen LogP contribution >= 0.6 is 0 Å². The average Bonchev–Trinajstić information content (AvgIpc) is 3.17. The van der Waals surface area contributed by atoms with E-state index in [1.807, 2.05) is 50.2 Å². The molecule has 0 amide bonds. The molecule has 1 fully saturated rings. The van der Waals surface area contributed by atoms with Crippen molar-refractivity contribution >= 4 is 5.97 Å². The highest BCUT2D eigenvalue weighted by Gasteiger charge is 2.48. The summed E-state index contributed by atoms with van der Waals surface area (Å²) < 4.78 is 28.8. The summed E-state index contributed by atoms with van der Waals surface area (Å²) in [5.74, 6) is 0.0388. The van der Waals surface area contributed by atoms with Crippen LogP contribution in [-0.2, 0) is 19.0 Å². The Bertz CT molecular complexity index is 843. The lowest BCUT2D eigenvalue weighted by molar-refractivity contribution is -0.162. The number of cyclic esters (lactones) is 1. The molecule has 2 heterocycles. The first-order valence-electron chi connectivity index (χ1n) is 8.74. The maximum atomic E-state index is 12.5. The fourth-order valence-corrected chi connectivity index (χ4v) is 2.98. The number of esters is 1. The minimum Gasteiger partial charge on any atom is -0.453 e. The van der Waals surface area contributed by atoms with Gasteiger partial charge in [-0.3, -0.25) is 0 Å². The highest BCUT2D eigenvalue weighted by atomic mass is 16.8. The molecule has 0 saturated carbocycles. The largest absolute Gasteiger partial charge is 0.453 e. The number of hydrogen-bond donors (Lipinski definition) is 0. The Balaban J connectivity index is 1.67. The Morgan fingerprint density at radius 1 is 0.926 bits per heavy atom. The Hall–Kier alpha value is -2.83. The van der Waals surface area contributed by atoms with Crippen LogP contribution in [0.1, 0.15) is 13.8 Å². The van der Waals surface area contributed by atoms with Gasteiger partial charge in [0, 0.05) is 0 Å². The van der Waals surface area contributed by atoms with E-state index in [4.69, 9.17) is 23.7 Å². The van der Waals surface area contributed by atoms with Crippen molar-refractivity contribution in [3.05, 3.63) is 72.2 Å². The van der Waals surface area contributed by atoms with Crippen molar-refractivity contribution in [2.24, 2.45) is 0 Å². The number of ether oxygens (including phenoxy) is 5. The molecule has 27 heavy (non-hydrogen) atoms. The summed E-state index contributed by atoms with van der Waals surface area (Å²) in [7, 11) is 0. The van der Waals surface area contributed by atoms with Crippen LogP contribution in [0.15, 0.2) is 72.2 Å². The number of hydrogen-bond acceptors (Lipinski definition) is 6. The van der Waals surface area contributed by atoms with Gasteiger partial charge in [0.05, 0.1) is 6.61 Å². The number of carbonyl (C=O) groups is 1. The molecule has 0 aliphatic carbocycles. The van der Waals surface area contributed by atoms with Crippen molar-refractivity contribution in [2.45, 2.75) is 31.8 Å². The Kier molecular flexibility index (Phi) is 4.59. The van der Waals surface area contributed by atoms with Gasteiger partial charge in [0.1, 0.15) is 17.6 Å². The van der Waals surface area contributed by atoms with Crippen molar-refractivity contribution in [3.8, 4) is 11.5 Å². The smallest absolute Gasteiger partial charge is 0.378 e. The van der Waals surface area contributed by atoms with Crippen LogP contribution in [0.3, 0.4) is 0 Å². The summed E-state index contributed by atoms with van der Waals surface area (Å²) in [6.07, 6.45) is -1.24. The molecule has 2 aliphatic rings. The van der Waals surface area contributed by atoms with Gasteiger partial charge in [-0.25, -0.2) is 4.79 Å². The van der Waals surface area contributed by atoms with E-state index in [9.17, 15) is 4.79 Å². The van der Waals surface area contributed by atoms with E-state index in [1.54, 1.807) is 24.3 Å². The van der Waals surface area contributed by atoms with E-state index < -0.39 is 24.0 Å². The molecule has 140 valence electrons. The van der Waals surface area contributed by atoms with E-state index in [0.717, 1.165) is 0 Å². The highest BCUT2D eigenvalue weighted by Crippen LogP contribution is 2.35. The molecule has 1 saturated heterocycles. The molecular weight excluding hydrogens is 348 g/mol. The summed E-state index contributed by atoms with van der Waals surface area (Å²) in [5, 5.41) is 0. The van der Waals surface area contributed by atoms with Crippen LogP contribution < -0.4 is 9.47 Å². The molecular formula is C21H20O6. The average molecular weight is 368 g/mol. The quantitative estimate of drug-likeness (QED) is 0.754. The standard InChI is InChI=1S/C21H20O6/c1-21(2)23-13-16(27-21)17-18(24-14-9-5-3-6-10-14)19(20(22)26-17)25-15-11-7-4-8-12-15/h3-12,16-17H,13H2,1-2H3. The van der Waals surface area contributed by atoms with Gasteiger partial charge < -0.3 is 23.7 Å². The molecule has 2 atom stereocenters. The van der Waals surface area contributed by atoms with Gasteiger partial charge in [0.15, 0.2) is 17.7 Å². The second kappa shape index (κ2) is 7.06. The van der Waals surface area contributed by atoms with Crippen molar-refractivity contribution in [1.29, 1.82) is 0 Å². The summed E-state index contributed by atoms with van der Waals surface area (Å²) >= 11 is 0. The number of rotatable bonds is 5. The molecule has 0 aromatic heterocycles. The Morgan fingerprint density at radius 2 is 1.52 bits per heavy atom. The molecule has 2 unspecified atom stereocenters. The molecule has 2 aliphatic heterocycles. The fraction of sp³-hybridized carbons (Fsp3) is 0.286. The predicted molar refractivity (Wildman–Crippen MR) is 96.0 cm³/mol.